The van der Waals surface area contributed by atoms with Gasteiger partial charge in [-0.3, -0.25) is 0 Å². The molecule has 1 heterocycles. The van der Waals surface area contributed by atoms with Crippen LogP contribution >= 0.6 is 15.9 Å². The van der Waals surface area contributed by atoms with Crippen molar-refractivity contribution < 1.29 is 4.74 Å². The van der Waals surface area contributed by atoms with Crippen LogP contribution in [0.4, 0.5) is 0 Å². The van der Waals surface area contributed by atoms with E-state index in [1.54, 1.807) is 0 Å². The first kappa shape index (κ1) is 13.1. The summed E-state index contributed by atoms with van der Waals surface area (Å²) >= 11 is 3.64. The number of nitrogens with one attached hydrogen (secondary N) is 1. The number of hydrogen-bond acceptors (Lipinski definition) is 2. The van der Waals surface area contributed by atoms with Crippen LogP contribution in [0.1, 0.15) is 18.0 Å². The van der Waals surface area contributed by atoms with Crippen LogP contribution in [-0.4, -0.2) is 20.3 Å². The molecule has 0 aliphatic carbocycles. The van der Waals surface area contributed by atoms with Crippen LogP contribution in [0.3, 0.4) is 0 Å². The van der Waals surface area contributed by atoms with Crippen molar-refractivity contribution in [2.75, 3.05) is 20.3 Å². The first-order valence-corrected chi connectivity index (χ1v) is 7.52. The fourth-order valence-corrected chi connectivity index (χ4v) is 3.50. The summed E-state index contributed by atoms with van der Waals surface area (Å²) in [6.07, 6.45) is 1.13. The molecular weight excluding hydrogens is 302 g/mol. The van der Waals surface area contributed by atoms with Crippen molar-refractivity contribution in [2.45, 2.75) is 12.5 Å². The van der Waals surface area contributed by atoms with Gasteiger partial charge in [-0.1, -0.05) is 46.3 Å². The number of halogens is 1. The molecule has 2 atom stereocenters. The molecule has 3 heteroatoms. The fraction of sp³-hybridized carbons (Fsp3) is 0.375. The molecule has 2 aromatic carbocycles. The standard InChI is InChI=1S/C16H18BrNO/c1-18-16(11-8-9-19-10-11)14-6-7-15(17)13-5-3-2-4-12(13)14/h2-7,11,16,18H,8-10H2,1H3. The second-order valence-corrected chi connectivity index (χ2v) is 5.93. The number of rotatable bonds is 3. The third-order valence-electron chi connectivity index (χ3n) is 3.99. The van der Waals surface area contributed by atoms with Crippen LogP contribution in [0.2, 0.25) is 0 Å². The normalized spacial score (nSPS) is 20.8. The molecule has 0 amide bonds. The third-order valence-corrected chi connectivity index (χ3v) is 4.68. The highest BCUT2D eigenvalue weighted by molar-refractivity contribution is 9.10. The topological polar surface area (TPSA) is 21.3 Å². The predicted molar refractivity (Wildman–Crippen MR) is 82.4 cm³/mol. The molecular formula is C16H18BrNO. The number of ether oxygens (including phenoxy) is 1. The smallest absolute Gasteiger partial charge is 0.0513 e. The first-order valence-electron chi connectivity index (χ1n) is 6.73. The molecule has 1 fully saturated rings. The van der Waals surface area contributed by atoms with Crippen molar-refractivity contribution in [3.8, 4) is 0 Å². The van der Waals surface area contributed by atoms with Crippen molar-refractivity contribution in [1.29, 1.82) is 0 Å². The van der Waals surface area contributed by atoms with E-state index in [1.807, 2.05) is 7.05 Å². The van der Waals surface area contributed by atoms with Gasteiger partial charge >= 0.3 is 0 Å². The molecule has 0 bridgehead atoms. The van der Waals surface area contributed by atoms with Crippen molar-refractivity contribution in [3.63, 3.8) is 0 Å². The SMILES string of the molecule is CNC(c1ccc(Br)c2ccccc12)C1CCOC1. The Balaban J connectivity index is 2.10. The molecule has 2 unspecified atom stereocenters. The van der Waals surface area contributed by atoms with Gasteiger partial charge in [-0.2, -0.15) is 0 Å². The van der Waals surface area contributed by atoms with E-state index in [1.165, 1.54) is 16.3 Å². The summed E-state index contributed by atoms with van der Waals surface area (Å²) in [5.74, 6) is 0.564. The molecule has 0 spiro atoms. The van der Waals surface area contributed by atoms with Gasteiger partial charge in [0.2, 0.25) is 0 Å². The van der Waals surface area contributed by atoms with Gasteiger partial charge in [0, 0.05) is 23.0 Å². The second kappa shape index (κ2) is 5.61. The summed E-state index contributed by atoms with van der Waals surface area (Å²) in [5.41, 5.74) is 1.37. The minimum atomic E-state index is 0.362. The molecule has 3 rings (SSSR count). The Bertz CT molecular complexity index is 578. The molecule has 1 saturated heterocycles. The van der Waals surface area contributed by atoms with Gasteiger partial charge in [0.1, 0.15) is 0 Å². The Hall–Kier alpha value is -0.900. The molecule has 2 nitrogen and oxygen atoms in total. The number of fused-ring (bicyclic) bond motifs is 1. The van der Waals surface area contributed by atoms with Gasteiger partial charge in [0.15, 0.2) is 0 Å². The number of benzene rings is 2. The highest BCUT2D eigenvalue weighted by Gasteiger charge is 2.27. The highest BCUT2D eigenvalue weighted by Crippen LogP contribution is 2.35. The van der Waals surface area contributed by atoms with E-state index in [2.05, 4.69) is 57.6 Å². The largest absolute Gasteiger partial charge is 0.381 e. The Labute approximate surface area is 122 Å². The van der Waals surface area contributed by atoms with Crippen molar-refractivity contribution in [3.05, 3.63) is 46.4 Å². The van der Waals surface area contributed by atoms with Crippen molar-refractivity contribution in [1.82, 2.24) is 5.32 Å². The van der Waals surface area contributed by atoms with Gasteiger partial charge in [0.25, 0.3) is 0 Å². The minimum Gasteiger partial charge on any atom is -0.381 e. The lowest BCUT2D eigenvalue weighted by Crippen LogP contribution is -2.25. The van der Waals surface area contributed by atoms with Gasteiger partial charge in [0.05, 0.1) is 6.61 Å². The van der Waals surface area contributed by atoms with Crippen LogP contribution < -0.4 is 5.32 Å². The van der Waals surface area contributed by atoms with Crippen LogP contribution in [0, 0.1) is 5.92 Å². The van der Waals surface area contributed by atoms with E-state index >= 15 is 0 Å². The van der Waals surface area contributed by atoms with Crippen LogP contribution in [0.15, 0.2) is 40.9 Å². The van der Waals surface area contributed by atoms with Crippen LogP contribution in [-0.2, 0) is 4.74 Å². The Morgan fingerprint density at radius 1 is 1.21 bits per heavy atom. The fourth-order valence-electron chi connectivity index (χ4n) is 3.02. The van der Waals surface area contributed by atoms with Crippen molar-refractivity contribution >= 4 is 26.7 Å². The third kappa shape index (κ3) is 2.42. The molecule has 100 valence electrons. The lowest BCUT2D eigenvalue weighted by molar-refractivity contribution is 0.178. The summed E-state index contributed by atoms with van der Waals surface area (Å²) in [4.78, 5) is 0. The summed E-state index contributed by atoms with van der Waals surface area (Å²) < 4.78 is 6.70. The maximum Gasteiger partial charge on any atom is 0.0513 e. The minimum absolute atomic E-state index is 0.362. The van der Waals surface area contributed by atoms with Crippen molar-refractivity contribution in [2.24, 2.45) is 5.92 Å². The Kier molecular flexibility index (Phi) is 3.87. The van der Waals surface area contributed by atoms with E-state index in [0.717, 1.165) is 24.1 Å². The monoisotopic (exact) mass is 319 g/mol. The molecule has 19 heavy (non-hydrogen) atoms. The summed E-state index contributed by atoms with van der Waals surface area (Å²) in [6.45, 7) is 1.74. The van der Waals surface area contributed by atoms with Crippen LogP contribution in [0.5, 0.6) is 0 Å². The average molecular weight is 320 g/mol. The Morgan fingerprint density at radius 2 is 2.00 bits per heavy atom. The quantitative estimate of drug-likeness (QED) is 0.926. The zero-order valence-electron chi connectivity index (χ0n) is 11.0. The second-order valence-electron chi connectivity index (χ2n) is 5.07. The lowest BCUT2D eigenvalue weighted by atomic mass is 9.89. The maximum atomic E-state index is 5.55. The molecule has 1 aliphatic heterocycles. The zero-order chi connectivity index (χ0) is 13.2. The van der Waals surface area contributed by atoms with Gasteiger partial charge < -0.3 is 10.1 Å². The highest BCUT2D eigenvalue weighted by atomic mass is 79.9. The first-order chi connectivity index (χ1) is 9.31. The molecule has 0 radical (unpaired) electrons. The molecule has 0 aromatic heterocycles. The zero-order valence-corrected chi connectivity index (χ0v) is 12.6. The van der Waals surface area contributed by atoms with Gasteiger partial charge in [-0.15, -0.1) is 0 Å². The molecule has 1 aliphatic rings. The summed E-state index contributed by atoms with van der Waals surface area (Å²) in [7, 11) is 2.04. The number of hydrogen-bond donors (Lipinski definition) is 1. The average Bonchev–Trinajstić information content (AvgIpc) is 2.96. The maximum absolute atomic E-state index is 5.55. The van der Waals surface area contributed by atoms with E-state index in [0.29, 0.717) is 12.0 Å². The lowest BCUT2D eigenvalue weighted by Gasteiger charge is -2.24. The van der Waals surface area contributed by atoms with E-state index in [-0.39, 0.29) is 0 Å². The van der Waals surface area contributed by atoms with E-state index < -0.39 is 0 Å². The summed E-state index contributed by atoms with van der Waals surface area (Å²) in [6, 6.07) is 13.3. The molecule has 1 N–H and O–H groups in total. The molecule has 0 saturated carbocycles. The van der Waals surface area contributed by atoms with Gasteiger partial charge in [-0.05, 0) is 35.9 Å². The Morgan fingerprint density at radius 3 is 2.68 bits per heavy atom. The molecule has 2 aromatic rings. The predicted octanol–water partition coefficient (Wildman–Crippen LogP) is 3.90. The summed E-state index contributed by atoms with van der Waals surface area (Å²) in [5, 5.41) is 6.08. The van der Waals surface area contributed by atoms with Crippen LogP contribution in [0.25, 0.3) is 10.8 Å². The van der Waals surface area contributed by atoms with Gasteiger partial charge in [-0.25, -0.2) is 0 Å². The van der Waals surface area contributed by atoms with E-state index in [4.69, 9.17) is 4.74 Å². The van der Waals surface area contributed by atoms with E-state index in [9.17, 15) is 0 Å².